The van der Waals surface area contributed by atoms with E-state index in [9.17, 15) is 0 Å². The molecule has 3 rings (SSSR count). The number of ether oxygens (including phenoxy) is 2. The summed E-state index contributed by atoms with van der Waals surface area (Å²) in [6.45, 7) is 4.80. The number of aromatic nitrogens is 3. The van der Waals surface area contributed by atoms with Crippen LogP contribution in [0.15, 0.2) is 12.1 Å². The van der Waals surface area contributed by atoms with Gasteiger partial charge in [0.1, 0.15) is 11.3 Å². The van der Waals surface area contributed by atoms with Gasteiger partial charge >= 0.3 is 0 Å². The number of rotatable bonds is 3. The highest BCUT2D eigenvalue weighted by Gasteiger charge is 2.27. The Bertz CT molecular complexity index is 641. The molecule has 21 heavy (non-hydrogen) atoms. The van der Waals surface area contributed by atoms with E-state index in [-0.39, 0.29) is 11.5 Å². The minimum Gasteiger partial charge on any atom is -0.481 e. The van der Waals surface area contributed by atoms with E-state index >= 15 is 0 Å². The summed E-state index contributed by atoms with van der Waals surface area (Å²) in [5.41, 5.74) is 1.70. The maximum absolute atomic E-state index is 6.34. The van der Waals surface area contributed by atoms with Gasteiger partial charge in [-0.2, -0.15) is 4.98 Å². The summed E-state index contributed by atoms with van der Waals surface area (Å²) < 4.78 is 13.1. The lowest BCUT2D eigenvalue weighted by atomic mass is 10.0. The molecule has 1 aliphatic heterocycles. The van der Waals surface area contributed by atoms with Gasteiger partial charge in [-0.3, -0.25) is 0 Å². The van der Waals surface area contributed by atoms with E-state index in [0.717, 1.165) is 36.4 Å². The quantitative estimate of drug-likeness (QED) is 0.814. The van der Waals surface area contributed by atoms with Crippen LogP contribution in [0.4, 0.5) is 0 Å². The summed E-state index contributed by atoms with van der Waals surface area (Å²) in [6.07, 6.45) is 2.14. The van der Waals surface area contributed by atoms with Crippen molar-refractivity contribution < 1.29 is 9.47 Å². The first-order valence-corrected chi connectivity index (χ1v) is 7.72. The smallest absolute Gasteiger partial charge is 0.215 e. The third-order valence-electron chi connectivity index (χ3n) is 3.93. The van der Waals surface area contributed by atoms with Crippen molar-refractivity contribution in [2.45, 2.75) is 44.2 Å². The summed E-state index contributed by atoms with van der Waals surface area (Å²) >= 11 is 6.34. The molecule has 5 nitrogen and oxygen atoms in total. The van der Waals surface area contributed by atoms with Gasteiger partial charge in [-0.25, -0.2) is 4.98 Å². The molecule has 1 aliphatic rings. The van der Waals surface area contributed by atoms with Crippen LogP contribution in [0, 0.1) is 0 Å². The van der Waals surface area contributed by atoms with E-state index < -0.39 is 0 Å². The Morgan fingerprint density at radius 3 is 2.90 bits per heavy atom. The molecule has 0 bridgehead atoms. The average Bonchev–Trinajstić information content (AvgIpc) is 2.85. The highest BCUT2D eigenvalue weighted by Crippen LogP contribution is 2.33. The van der Waals surface area contributed by atoms with E-state index in [1.807, 2.05) is 19.1 Å². The Labute approximate surface area is 129 Å². The van der Waals surface area contributed by atoms with Crippen LogP contribution in [-0.4, -0.2) is 34.4 Å². The van der Waals surface area contributed by atoms with Gasteiger partial charge in [0.25, 0.3) is 0 Å². The summed E-state index contributed by atoms with van der Waals surface area (Å²) in [6, 6.07) is 4.08. The maximum atomic E-state index is 6.34. The molecule has 3 atom stereocenters. The molecule has 0 amide bonds. The second-order valence-electron chi connectivity index (χ2n) is 5.51. The lowest BCUT2D eigenvalue weighted by Crippen LogP contribution is -2.26. The Hall–Kier alpha value is -1.33. The Morgan fingerprint density at radius 2 is 2.24 bits per heavy atom. The minimum absolute atomic E-state index is 0.164. The SMILES string of the molecule is COc1ccc2nc(C(C)Cl)n(C3CCOC(C)C3)c2n1. The minimum atomic E-state index is -0.164. The topological polar surface area (TPSA) is 49.2 Å². The standard InChI is InChI=1S/C15H20ClN3O2/c1-9-8-11(6-7-21-9)19-14(10(2)16)17-12-4-5-13(20-3)18-15(12)19/h4-5,9-11H,6-8H2,1-3H3. The molecule has 114 valence electrons. The van der Waals surface area contributed by atoms with Crippen molar-refractivity contribution >= 4 is 22.8 Å². The summed E-state index contributed by atoms with van der Waals surface area (Å²) in [5, 5.41) is -0.164. The van der Waals surface area contributed by atoms with Crippen molar-refractivity contribution in [3.8, 4) is 5.88 Å². The van der Waals surface area contributed by atoms with Crippen LogP contribution >= 0.6 is 11.6 Å². The molecular formula is C15H20ClN3O2. The number of methoxy groups -OCH3 is 1. The fourth-order valence-electron chi connectivity index (χ4n) is 2.94. The summed E-state index contributed by atoms with van der Waals surface area (Å²) in [4.78, 5) is 9.24. The van der Waals surface area contributed by atoms with Gasteiger partial charge in [0.05, 0.1) is 18.6 Å². The molecule has 3 heterocycles. The predicted octanol–water partition coefficient (Wildman–Crippen LogP) is 3.48. The van der Waals surface area contributed by atoms with Crippen molar-refractivity contribution in [3.63, 3.8) is 0 Å². The molecule has 6 heteroatoms. The molecule has 0 radical (unpaired) electrons. The Kier molecular flexibility index (Phi) is 4.04. The molecule has 0 saturated carbocycles. The van der Waals surface area contributed by atoms with E-state index in [4.69, 9.17) is 21.1 Å². The van der Waals surface area contributed by atoms with Gasteiger partial charge in [0.2, 0.25) is 5.88 Å². The van der Waals surface area contributed by atoms with Crippen LogP contribution in [0.1, 0.15) is 43.9 Å². The van der Waals surface area contributed by atoms with Gasteiger partial charge in [-0.1, -0.05) is 0 Å². The molecule has 3 unspecified atom stereocenters. The number of hydrogen-bond acceptors (Lipinski definition) is 4. The second kappa shape index (κ2) is 5.81. The van der Waals surface area contributed by atoms with E-state index in [1.54, 1.807) is 7.11 Å². The lowest BCUT2D eigenvalue weighted by Gasteiger charge is -2.29. The maximum Gasteiger partial charge on any atom is 0.215 e. The molecule has 1 fully saturated rings. The monoisotopic (exact) mass is 309 g/mol. The third-order valence-corrected chi connectivity index (χ3v) is 4.12. The number of alkyl halides is 1. The zero-order valence-electron chi connectivity index (χ0n) is 12.5. The fourth-order valence-corrected chi connectivity index (χ4v) is 3.09. The molecular weight excluding hydrogens is 290 g/mol. The fraction of sp³-hybridized carbons (Fsp3) is 0.600. The van der Waals surface area contributed by atoms with Crippen LogP contribution < -0.4 is 4.74 Å². The number of halogens is 1. The van der Waals surface area contributed by atoms with Crippen molar-refractivity contribution in [3.05, 3.63) is 18.0 Å². The van der Waals surface area contributed by atoms with E-state index in [0.29, 0.717) is 11.9 Å². The van der Waals surface area contributed by atoms with Gasteiger partial charge in [0, 0.05) is 18.7 Å². The van der Waals surface area contributed by atoms with Gasteiger partial charge in [-0.05, 0) is 32.8 Å². The van der Waals surface area contributed by atoms with Crippen LogP contribution in [-0.2, 0) is 4.74 Å². The first-order valence-electron chi connectivity index (χ1n) is 7.28. The van der Waals surface area contributed by atoms with Crippen LogP contribution in [0.25, 0.3) is 11.2 Å². The Morgan fingerprint density at radius 1 is 1.43 bits per heavy atom. The van der Waals surface area contributed by atoms with E-state index in [1.165, 1.54) is 0 Å². The summed E-state index contributed by atoms with van der Waals surface area (Å²) in [7, 11) is 1.62. The molecule has 0 spiro atoms. The molecule has 0 N–H and O–H groups in total. The van der Waals surface area contributed by atoms with Gasteiger partial charge in [0.15, 0.2) is 5.65 Å². The largest absolute Gasteiger partial charge is 0.481 e. The van der Waals surface area contributed by atoms with E-state index in [2.05, 4.69) is 21.5 Å². The molecule has 0 aromatic carbocycles. The number of nitrogens with zero attached hydrogens (tertiary/aromatic N) is 3. The lowest BCUT2D eigenvalue weighted by molar-refractivity contribution is 0.00611. The van der Waals surface area contributed by atoms with Crippen molar-refractivity contribution in [1.29, 1.82) is 0 Å². The number of hydrogen-bond donors (Lipinski definition) is 0. The summed E-state index contributed by atoms with van der Waals surface area (Å²) in [5.74, 6) is 1.46. The first-order chi connectivity index (χ1) is 10.1. The predicted molar refractivity (Wildman–Crippen MR) is 82.0 cm³/mol. The number of imidazole rings is 1. The zero-order chi connectivity index (χ0) is 15.0. The van der Waals surface area contributed by atoms with Gasteiger partial charge < -0.3 is 14.0 Å². The van der Waals surface area contributed by atoms with Crippen LogP contribution in [0.5, 0.6) is 5.88 Å². The first kappa shape index (κ1) is 14.6. The highest BCUT2D eigenvalue weighted by molar-refractivity contribution is 6.20. The molecule has 2 aromatic rings. The normalized spacial score (nSPS) is 24.2. The van der Waals surface area contributed by atoms with Gasteiger partial charge in [-0.15, -0.1) is 11.6 Å². The molecule has 0 aliphatic carbocycles. The van der Waals surface area contributed by atoms with Crippen molar-refractivity contribution in [2.24, 2.45) is 0 Å². The highest BCUT2D eigenvalue weighted by atomic mass is 35.5. The number of pyridine rings is 1. The Balaban J connectivity index is 2.14. The third kappa shape index (κ3) is 2.72. The average molecular weight is 310 g/mol. The number of fused-ring (bicyclic) bond motifs is 1. The van der Waals surface area contributed by atoms with Crippen LogP contribution in [0.3, 0.4) is 0 Å². The van der Waals surface area contributed by atoms with Crippen molar-refractivity contribution in [1.82, 2.24) is 14.5 Å². The molecule has 2 aromatic heterocycles. The zero-order valence-corrected chi connectivity index (χ0v) is 13.3. The van der Waals surface area contributed by atoms with Crippen LogP contribution in [0.2, 0.25) is 0 Å². The second-order valence-corrected chi connectivity index (χ2v) is 6.17. The van der Waals surface area contributed by atoms with Crippen molar-refractivity contribution in [2.75, 3.05) is 13.7 Å². The molecule has 1 saturated heterocycles.